The van der Waals surface area contributed by atoms with Gasteiger partial charge < -0.3 is 15.3 Å². The van der Waals surface area contributed by atoms with E-state index < -0.39 is 5.97 Å². The molecule has 2 aliphatic heterocycles. The average molecular weight is 199 g/mol. The molecule has 0 bridgehead atoms. The molecule has 2 fully saturated rings. The Morgan fingerprint density at radius 1 is 1.57 bits per heavy atom. The van der Waals surface area contributed by atoms with E-state index >= 15 is 0 Å². The van der Waals surface area contributed by atoms with Crippen LogP contribution in [0.3, 0.4) is 0 Å². The Bertz CT molecular complexity index is 269. The quantitative estimate of drug-likeness (QED) is 0.584. The third kappa shape index (κ3) is 1.65. The third-order valence-electron chi connectivity index (χ3n) is 2.68. The van der Waals surface area contributed by atoms with Crippen LogP contribution in [-0.2, 0) is 4.79 Å². The molecule has 78 valence electrons. The number of nitrogens with one attached hydrogen (secondary N) is 1. The third-order valence-corrected chi connectivity index (χ3v) is 2.68. The maximum absolute atomic E-state index is 11.2. The molecule has 2 amide bonds. The van der Waals surface area contributed by atoms with Crippen LogP contribution in [0.25, 0.3) is 0 Å². The highest BCUT2D eigenvalue weighted by Gasteiger charge is 2.35. The van der Waals surface area contributed by atoms with Gasteiger partial charge in [-0.1, -0.05) is 0 Å². The second-order valence-corrected chi connectivity index (χ2v) is 3.66. The number of carboxylic acid groups (broad SMARTS) is 1. The average Bonchev–Trinajstić information content (AvgIpc) is 2.46. The van der Waals surface area contributed by atoms with Gasteiger partial charge in [-0.15, -0.1) is 0 Å². The van der Waals surface area contributed by atoms with Crippen molar-refractivity contribution in [2.45, 2.75) is 6.04 Å². The fourth-order valence-electron chi connectivity index (χ4n) is 2.00. The molecule has 14 heavy (non-hydrogen) atoms. The van der Waals surface area contributed by atoms with Crippen molar-refractivity contribution in [2.24, 2.45) is 0 Å². The van der Waals surface area contributed by atoms with Gasteiger partial charge in [0.15, 0.2) is 0 Å². The van der Waals surface area contributed by atoms with Crippen molar-refractivity contribution in [1.29, 1.82) is 0 Å². The van der Waals surface area contributed by atoms with E-state index in [1.165, 1.54) is 0 Å². The Balaban J connectivity index is 1.92. The Hall–Kier alpha value is -1.30. The van der Waals surface area contributed by atoms with Gasteiger partial charge in [-0.05, 0) is 0 Å². The first-order chi connectivity index (χ1) is 6.66. The molecular weight excluding hydrogens is 186 g/mol. The molecular formula is C8H13N3O3. The summed E-state index contributed by atoms with van der Waals surface area (Å²) in [4.78, 5) is 25.3. The van der Waals surface area contributed by atoms with Crippen molar-refractivity contribution in [3.05, 3.63) is 0 Å². The lowest BCUT2D eigenvalue weighted by molar-refractivity contribution is -0.138. The summed E-state index contributed by atoms with van der Waals surface area (Å²) >= 11 is 0. The lowest BCUT2D eigenvalue weighted by atomic mass is 10.2. The Kier molecular flexibility index (Phi) is 2.28. The van der Waals surface area contributed by atoms with Crippen LogP contribution in [0.15, 0.2) is 0 Å². The number of piperazine rings is 1. The highest BCUT2D eigenvalue weighted by atomic mass is 16.4. The van der Waals surface area contributed by atoms with Gasteiger partial charge in [0, 0.05) is 26.2 Å². The standard InChI is InChI=1S/C8H13N3O3/c12-7(13)5-10-1-2-11-6(4-10)3-9-8(11)14/h6H,1-5H2,(H,9,14)(H,12,13). The Morgan fingerprint density at radius 3 is 3.07 bits per heavy atom. The van der Waals surface area contributed by atoms with E-state index in [-0.39, 0.29) is 18.6 Å². The van der Waals surface area contributed by atoms with Crippen LogP contribution in [0.5, 0.6) is 0 Å². The lowest BCUT2D eigenvalue weighted by Crippen LogP contribution is -2.53. The number of aliphatic carboxylic acids is 1. The minimum Gasteiger partial charge on any atom is -0.480 e. The van der Waals surface area contributed by atoms with Crippen LogP contribution in [0.4, 0.5) is 4.79 Å². The molecule has 0 aliphatic carbocycles. The van der Waals surface area contributed by atoms with Crippen molar-refractivity contribution >= 4 is 12.0 Å². The molecule has 0 aromatic carbocycles. The Morgan fingerprint density at radius 2 is 2.36 bits per heavy atom. The van der Waals surface area contributed by atoms with E-state index in [0.29, 0.717) is 26.2 Å². The molecule has 6 nitrogen and oxygen atoms in total. The van der Waals surface area contributed by atoms with Gasteiger partial charge in [-0.2, -0.15) is 0 Å². The van der Waals surface area contributed by atoms with Gasteiger partial charge in [0.2, 0.25) is 0 Å². The van der Waals surface area contributed by atoms with Crippen LogP contribution < -0.4 is 5.32 Å². The first-order valence-corrected chi connectivity index (χ1v) is 4.65. The summed E-state index contributed by atoms with van der Waals surface area (Å²) in [6, 6.07) is 0.126. The topological polar surface area (TPSA) is 72.9 Å². The molecule has 1 atom stereocenters. The highest BCUT2D eigenvalue weighted by Crippen LogP contribution is 2.13. The molecule has 0 aromatic heterocycles. The molecule has 1 unspecified atom stereocenters. The number of hydrogen-bond donors (Lipinski definition) is 2. The predicted octanol–water partition coefficient (Wildman–Crippen LogP) is -1.22. The number of fused-ring (bicyclic) bond motifs is 1. The minimum absolute atomic E-state index is 0.0232. The van der Waals surface area contributed by atoms with Gasteiger partial charge in [0.1, 0.15) is 0 Å². The van der Waals surface area contributed by atoms with Crippen molar-refractivity contribution in [3.8, 4) is 0 Å². The summed E-state index contributed by atoms with van der Waals surface area (Å²) in [6.45, 7) is 2.64. The SMILES string of the molecule is O=C(O)CN1CCN2C(=O)NCC2C1. The molecule has 0 saturated carbocycles. The molecule has 2 saturated heterocycles. The summed E-state index contributed by atoms with van der Waals surface area (Å²) in [5.41, 5.74) is 0. The van der Waals surface area contributed by atoms with Crippen molar-refractivity contribution in [1.82, 2.24) is 15.1 Å². The normalized spacial score (nSPS) is 27.3. The van der Waals surface area contributed by atoms with E-state index in [9.17, 15) is 9.59 Å². The van der Waals surface area contributed by atoms with E-state index in [2.05, 4.69) is 5.32 Å². The Labute approximate surface area is 81.5 Å². The molecule has 2 rings (SSSR count). The van der Waals surface area contributed by atoms with Crippen LogP contribution in [0.1, 0.15) is 0 Å². The summed E-state index contributed by atoms with van der Waals surface area (Å²) < 4.78 is 0. The second-order valence-electron chi connectivity index (χ2n) is 3.66. The number of rotatable bonds is 2. The van der Waals surface area contributed by atoms with Crippen molar-refractivity contribution < 1.29 is 14.7 Å². The number of carbonyl (C=O) groups excluding carboxylic acids is 1. The number of nitrogens with zero attached hydrogens (tertiary/aromatic N) is 2. The lowest BCUT2D eigenvalue weighted by Gasteiger charge is -2.35. The summed E-state index contributed by atoms with van der Waals surface area (Å²) in [7, 11) is 0. The molecule has 0 aromatic rings. The minimum atomic E-state index is -0.810. The monoisotopic (exact) mass is 199 g/mol. The van der Waals surface area contributed by atoms with Crippen molar-refractivity contribution in [2.75, 3.05) is 32.7 Å². The van der Waals surface area contributed by atoms with Crippen LogP contribution in [0.2, 0.25) is 0 Å². The molecule has 6 heteroatoms. The fourth-order valence-corrected chi connectivity index (χ4v) is 2.00. The van der Waals surface area contributed by atoms with E-state index in [4.69, 9.17) is 5.11 Å². The van der Waals surface area contributed by atoms with Gasteiger partial charge in [-0.3, -0.25) is 9.69 Å². The zero-order valence-corrected chi connectivity index (χ0v) is 7.77. The van der Waals surface area contributed by atoms with E-state index in [1.807, 2.05) is 4.90 Å². The second kappa shape index (κ2) is 3.45. The molecule has 2 N–H and O–H groups in total. The number of amides is 2. The molecule has 2 aliphatic rings. The maximum Gasteiger partial charge on any atom is 0.317 e. The first-order valence-electron chi connectivity index (χ1n) is 4.65. The number of carboxylic acids is 1. The number of carbonyl (C=O) groups is 2. The summed E-state index contributed by atoms with van der Waals surface area (Å²) in [5.74, 6) is -0.810. The zero-order valence-electron chi connectivity index (χ0n) is 7.77. The molecule has 2 heterocycles. The fraction of sp³-hybridized carbons (Fsp3) is 0.750. The van der Waals surface area contributed by atoms with Gasteiger partial charge >= 0.3 is 12.0 Å². The molecule has 0 spiro atoms. The van der Waals surface area contributed by atoms with Crippen molar-refractivity contribution in [3.63, 3.8) is 0 Å². The summed E-state index contributed by atoms with van der Waals surface area (Å²) in [6.07, 6.45) is 0. The largest absolute Gasteiger partial charge is 0.480 e. The van der Waals surface area contributed by atoms with E-state index in [1.54, 1.807) is 4.90 Å². The molecule has 0 radical (unpaired) electrons. The van der Waals surface area contributed by atoms with Gasteiger partial charge in [-0.25, -0.2) is 4.79 Å². The smallest absolute Gasteiger partial charge is 0.317 e. The highest BCUT2D eigenvalue weighted by molar-refractivity contribution is 5.77. The number of hydrogen-bond acceptors (Lipinski definition) is 3. The predicted molar refractivity (Wildman–Crippen MR) is 48.0 cm³/mol. The van der Waals surface area contributed by atoms with Crippen LogP contribution in [0, 0.1) is 0 Å². The first kappa shape index (κ1) is 9.26. The zero-order chi connectivity index (χ0) is 10.1. The number of urea groups is 1. The van der Waals surface area contributed by atoms with Gasteiger partial charge in [0.25, 0.3) is 0 Å². The van der Waals surface area contributed by atoms with Crippen LogP contribution in [-0.4, -0.2) is 65.7 Å². The summed E-state index contributed by atoms with van der Waals surface area (Å²) in [5, 5.41) is 11.4. The van der Waals surface area contributed by atoms with Crippen LogP contribution >= 0.6 is 0 Å². The van der Waals surface area contributed by atoms with Gasteiger partial charge in [0.05, 0.1) is 12.6 Å². The maximum atomic E-state index is 11.2. The van der Waals surface area contributed by atoms with E-state index in [0.717, 1.165) is 0 Å².